The summed E-state index contributed by atoms with van der Waals surface area (Å²) in [6.07, 6.45) is 1.05. The van der Waals surface area contributed by atoms with Crippen molar-refractivity contribution >= 4 is 17.9 Å². The van der Waals surface area contributed by atoms with E-state index in [1.807, 2.05) is 0 Å². The Morgan fingerprint density at radius 1 is 1.71 bits per heavy atom. The van der Waals surface area contributed by atoms with Crippen LogP contribution in [0.25, 0.3) is 0 Å². The zero-order valence-corrected chi connectivity index (χ0v) is 9.47. The van der Waals surface area contributed by atoms with Crippen LogP contribution in [0.3, 0.4) is 0 Å². The fourth-order valence-electron chi connectivity index (χ4n) is 1.80. The van der Waals surface area contributed by atoms with Gasteiger partial charge in [-0.25, -0.2) is 4.79 Å². The molecule has 0 aliphatic carbocycles. The minimum atomic E-state index is -1.87. The first-order valence-corrected chi connectivity index (χ1v) is 5.22. The van der Waals surface area contributed by atoms with Crippen LogP contribution in [0.1, 0.15) is 19.8 Å². The molecule has 1 N–H and O–H groups in total. The highest BCUT2D eigenvalue weighted by Crippen LogP contribution is 2.35. The number of carbonyl (C=O) groups is 3. The largest absolute Gasteiger partial charge is 0.478 e. The van der Waals surface area contributed by atoms with Crippen molar-refractivity contribution in [3.8, 4) is 0 Å². The van der Waals surface area contributed by atoms with Crippen molar-refractivity contribution in [3.05, 3.63) is 12.7 Å². The van der Waals surface area contributed by atoms with Gasteiger partial charge in [0.15, 0.2) is 0 Å². The molecular formula is C11H14O6. The van der Waals surface area contributed by atoms with Crippen LogP contribution in [0.5, 0.6) is 0 Å². The molecule has 94 valence electrons. The van der Waals surface area contributed by atoms with Gasteiger partial charge in [0, 0.05) is 12.8 Å². The van der Waals surface area contributed by atoms with Crippen LogP contribution >= 0.6 is 0 Å². The van der Waals surface area contributed by atoms with E-state index in [9.17, 15) is 14.4 Å². The zero-order chi connectivity index (χ0) is 13.1. The summed E-state index contributed by atoms with van der Waals surface area (Å²) in [7, 11) is 0. The molecule has 0 bridgehead atoms. The topological polar surface area (TPSA) is 89.9 Å². The molecule has 6 heteroatoms. The van der Waals surface area contributed by atoms with E-state index in [2.05, 4.69) is 6.58 Å². The van der Waals surface area contributed by atoms with E-state index in [4.69, 9.17) is 14.6 Å². The fraction of sp³-hybridized carbons (Fsp3) is 0.545. The number of aliphatic carboxylic acids is 1. The number of cyclic esters (lactones) is 1. The summed E-state index contributed by atoms with van der Waals surface area (Å²) in [5.74, 6) is -3.93. The maximum absolute atomic E-state index is 11.6. The lowest BCUT2D eigenvalue weighted by molar-refractivity contribution is -0.180. The second kappa shape index (κ2) is 4.99. The maximum atomic E-state index is 11.6. The van der Waals surface area contributed by atoms with E-state index in [0.717, 1.165) is 6.08 Å². The number of ether oxygens (including phenoxy) is 2. The van der Waals surface area contributed by atoms with Crippen LogP contribution in [0.2, 0.25) is 0 Å². The molecule has 1 fully saturated rings. The third kappa shape index (κ3) is 2.30. The predicted octanol–water partition coefficient (Wildman–Crippen LogP) is 0.512. The van der Waals surface area contributed by atoms with E-state index in [0.29, 0.717) is 0 Å². The molecule has 0 unspecified atom stereocenters. The third-order valence-electron chi connectivity index (χ3n) is 2.64. The van der Waals surface area contributed by atoms with Gasteiger partial charge in [0.2, 0.25) is 5.60 Å². The zero-order valence-electron chi connectivity index (χ0n) is 9.47. The Balaban J connectivity index is 3.04. The molecule has 1 aliphatic heterocycles. The van der Waals surface area contributed by atoms with Crippen LogP contribution < -0.4 is 0 Å². The van der Waals surface area contributed by atoms with Crippen molar-refractivity contribution in [1.29, 1.82) is 0 Å². The molecule has 0 spiro atoms. The Bertz CT molecular complexity index is 361. The molecule has 1 saturated heterocycles. The molecular weight excluding hydrogens is 228 g/mol. The lowest BCUT2D eigenvalue weighted by atomic mass is 9.85. The van der Waals surface area contributed by atoms with Gasteiger partial charge in [0.25, 0.3) is 0 Å². The molecule has 0 amide bonds. The number of carbonyl (C=O) groups excluding carboxylic acids is 2. The van der Waals surface area contributed by atoms with Gasteiger partial charge in [-0.3, -0.25) is 9.59 Å². The highest BCUT2D eigenvalue weighted by Gasteiger charge is 2.55. The highest BCUT2D eigenvalue weighted by molar-refractivity contribution is 5.92. The predicted molar refractivity (Wildman–Crippen MR) is 56.0 cm³/mol. The van der Waals surface area contributed by atoms with E-state index < -0.39 is 29.4 Å². The smallest absolute Gasteiger partial charge is 0.349 e. The number of hydrogen-bond acceptors (Lipinski definition) is 5. The highest BCUT2D eigenvalue weighted by atomic mass is 16.6. The van der Waals surface area contributed by atoms with E-state index in [1.165, 1.54) is 0 Å². The van der Waals surface area contributed by atoms with Crippen molar-refractivity contribution in [2.24, 2.45) is 5.92 Å². The van der Waals surface area contributed by atoms with E-state index >= 15 is 0 Å². The lowest BCUT2D eigenvalue weighted by Gasteiger charge is -2.28. The summed E-state index contributed by atoms with van der Waals surface area (Å²) in [6.45, 7) is 5.13. The average molecular weight is 242 g/mol. The molecule has 0 aromatic heterocycles. The number of carboxylic acid groups (broad SMARTS) is 1. The lowest BCUT2D eigenvalue weighted by Crippen LogP contribution is -2.48. The minimum Gasteiger partial charge on any atom is -0.478 e. The van der Waals surface area contributed by atoms with Gasteiger partial charge in [-0.05, 0) is 6.92 Å². The number of esters is 2. The van der Waals surface area contributed by atoms with Crippen LogP contribution in [-0.4, -0.2) is 35.2 Å². The normalized spacial score (nSPS) is 24.9. The van der Waals surface area contributed by atoms with E-state index in [1.54, 1.807) is 6.92 Å². The SMILES string of the molecule is C=C[C@@H](C(=O)OCC)[C@]1(C(=O)O)CCC(=O)O1. The summed E-state index contributed by atoms with van der Waals surface area (Å²) >= 11 is 0. The summed E-state index contributed by atoms with van der Waals surface area (Å²) in [6, 6.07) is 0. The number of rotatable bonds is 5. The Hall–Kier alpha value is -1.85. The van der Waals surface area contributed by atoms with Gasteiger partial charge in [-0.2, -0.15) is 0 Å². The summed E-state index contributed by atoms with van der Waals surface area (Å²) in [5, 5.41) is 9.17. The molecule has 0 aromatic carbocycles. The molecule has 1 rings (SSSR count). The van der Waals surface area contributed by atoms with Gasteiger partial charge in [-0.1, -0.05) is 6.08 Å². The first-order chi connectivity index (χ1) is 7.97. The fourth-order valence-corrected chi connectivity index (χ4v) is 1.80. The Labute approximate surface area is 98.2 Å². The van der Waals surface area contributed by atoms with Gasteiger partial charge < -0.3 is 14.6 Å². The molecule has 6 nitrogen and oxygen atoms in total. The van der Waals surface area contributed by atoms with Crippen LogP contribution in [0, 0.1) is 5.92 Å². The van der Waals surface area contributed by atoms with Crippen LogP contribution in [-0.2, 0) is 23.9 Å². The van der Waals surface area contributed by atoms with Crippen molar-refractivity contribution < 1.29 is 29.0 Å². The Morgan fingerprint density at radius 2 is 2.35 bits per heavy atom. The molecule has 0 aromatic rings. The standard InChI is InChI=1S/C11H14O6/c1-3-7(9(13)16-4-2)11(10(14)15)6-5-8(12)17-11/h3,7H,1,4-6H2,2H3,(H,14,15)/t7-,11-/m0/s1. The second-order valence-corrected chi connectivity index (χ2v) is 3.63. The number of hydrogen-bond donors (Lipinski definition) is 1. The molecule has 2 atom stereocenters. The molecule has 1 aliphatic rings. The van der Waals surface area contributed by atoms with Gasteiger partial charge in [-0.15, -0.1) is 6.58 Å². The Morgan fingerprint density at radius 3 is 2.71 bits per heavy atom. The first kappa shape index (κ1) is 13.2. The first-order valence-electron chi connectivity index (χ1n) is 5.22. The Kier molecular flexibility index (Phi) is 3.88. The second-order valence-electron chi connectivity index (χ2n) is 3.63. The third-order valence-corrected chi connectivity index (χ3v) is 2.64. The van der Waals surface area contributed by atoms with Gasteiger partial charge >= 0.3 is 17.9 Å². The molecule has 1 heterocycles. The molecule has 17 heavy (non-hydrogen) atoms. The summed E-state index contributed by atoms with van der Waals surface area (Å²) in [5.41, 5.74) is -1.87. The van der Waals surface area contributed by atoms with Crippen molar-refractivity contribution in [2.75, 3.05) is 6.61 Å². The van der Waals surface area contributed by atoms with E-state index in [-0.39, 0.29) is 19.4 Å². The monoisotopic (exact) mass is 242 g/mol. The quantitative estimate of drug-likeness (QED) is 0.558. The van der Waals surface area contributed by atoms with Crippen LogP contribution in [0.4, 0.5) is 0 Å². The van der Waals surface area contributed by atoms with Crippen molar-refractivity contribution in [2.45, 2.75) is 25.4 Å². The molecule has 0 saturated carbocycles. The number of carboxylic acids is 1. The summed E-state index contributed by atoms with van der Waals surface area (Å²) < 4.78 is 9.57. The average Bonchev–Trinajstić information content (AvgIpc) is 2.63. The minimum absolute atomic E-state index is 0.0317. The summed E-state index contributed by atoms with van der Waals surface area (Å²) in [4.78, 5) is 34.0. The van der Waals surface area contributed by atoms with Crippen molar-refractivity contribution in [3.63, 3.8) is 0 Å². The maximum Gasteiger partial charge on any atom is 0.349 e. The van der Waals surface area contributed by atoms with Crippen molar-refractivity contribution in [1.82, 2.24) is 0 Å². The van der Waals surface area contributed by atoms with Crippen LogP contribution in [0.15, 0.2) is 12.7 Å². The molecule has 0 radical (unpaired) electrons. The van der Waals surface area contributed by atoms with Gasteiger partial charge in [0.1, 0.15) is 5.92 Å². The van der Waals surface area contributed by atoms with Gasteiger partial charge in [0.05, 0.1) is 6.61 Å².